The van der Waals surface area contributed by atoms with Crippen molar-refractivity contribution in [2.75, 3.05) is 13.2 Å². The van der Waals surface area contributed by atoms with Crippen LogP contribution in [0, 0.1) is 5.92 Å². The molecule has 1 heterocycles. The van der Waals surface area contributed by atoms with Gasteiger partial charge in [0.1, 0.15) is 0 Å². The van der Waals surface area contributed by atoms with Crippen molar-refractivity contribution in [3.8, 4) is 0 Å². The van der Waals surface area contributed by atoms with Gasteiger partial charge in [0.25, 0.3) is 0 Å². The molecule has 0 bridgehead atoms. The number of aliphatic hydroxyl groups is 1. The molecule has 2 atom stereocenters. The first kappa shape index (κ1) is 10.5. The highest BCUT2D eigenvalue weighted by atomic mass is 16.3. The van der Waals surface area contributed by atoms with Crippen LogP contribution in [-0.4, -0.2) is 41.1 Å². The van der Waals surface area contributed by atoms with Crippen molar-refractivity contribution in [2.45, 2.75) is 32.4 Å². The number of nitrogens with two attached hydrogens (primary N) is 1. The van der Waals surface area contributed by atoms with E-state index in [4.69, 9.17) is 10.8 Å². The summed E-state index contributed by atoms with van der Waals surface area (Å²) in [4.78, 5) is 13.2. The molecule has 1 saturated heterocycles. The van der Waals surface area contributed by atoms with Gasteiger partial charge in [0.05, 0.1) is 18.7 Å². The van der Waals surface area contributed by atoms with E-state index < -0.39 is 0 Å². The maximum Gasteiger partial charge on any atom is 0.239 e. The van der Waals surface area contributed by atoms with Gasteiger partial charge in [-0.15, -0.1) is 0 Å². The summed E-state index contributed by atoms with van der Waals surface area (Å²) in [5.41, 5.74) is 5.59. The molecule has 1 amide bonds. The number of hydrogen-bond donors (Lipinski definition) is 2. The fraction of sp³-hybridized carbons (Fsp3) is 0.889. The van der Waals surface area contributed by atoms with Crippen LogP contribution in [0.15, 0.2) is 0 Å². The number of likely N-dealkylation sites (tertiary alicyclic amines) is 1. The van der Waals surface area contributed by atoms with E-state index in [2.05, 4.69) is 0 Å². The monoisotopic (exact) mass is 186 g/mol. The van der Waals surface area contributed by atoms with E-state index >= 15 is 0 Å². The molecule has 0 aliphatic carbocycles. The molecule has 0 aromatic rings. The first-order valence-corrected chi connectivity index (χ1v) is 4.74. The minimum Gasteiger partial charge on any atom is -0.394 e. The average molecular weight is 186 g/mol. The van der Waals surface area contributed by atoms with E-state index in [1.807, 2.05) is 13.8 Å². The third kappa shape index (κ3) is 2.00. The summed E-state index contributed by atoms with van der Waals surface area (Å²) >= 11 is 0. The zero-order chi connectivity index (χ0) is 10.0. The lowest BCUT2D eigenvalue weighted by Crippen LogP contribution is -2.45. The second-order valence-electron chi connectivity index (χ2n) is 3.92. The Bertz CT molecular complexity index is 194. The van der Waals surface area contributed by atoms with Crippen LogP contribution < -0.4 is 5.73 Å². The second-order valence-corrected chi connectivity index (χ2v) is 3.92. The van der Waals surface area contributed by atoms with Crippen molar-refractivity contribution in [1.29, 1.82) is 0 Å². The molecule has 0 saturated carbocycles. The van der Waals surface area contributed by atoms with Crippen LogP contribution >= 0.6 is 0 Å². The summed E-state index contributed by atoms with van der Waals surface area (Å²) in [5.74, 6) is 0.256. The topological polar surface area (TPSA) is 66.6 Å². The highest BCUT2D eigenvalue weighted by Crippen LogP contribution is 2.17. The lowest BCUT2D eigenvalue weighted by atomic mass is 10.0. The van der Waals surface area contributed by atoms with Gasteiger partial charge in [0.2, 0.25) is 5.91 Å². The average Bonchev–Trinajstić information content (AvgIpc) is 2.37. The Labute approximate surface area is 78.7 Å². The summed E-state index contributed by atoms with van der Waals surface area (Å²) in [6.45, 7) is 4.70. The zero-order valence-electron chi connectivity index (χ0n) is 8.23. The second kappa shape index (κ2) is 4.07. The fourth-order valence-electron chi connectivity index (χ4n) is 1.72. The summed E-state index contributed by atoms with van der Waals surface area (Å²) in [5, 5.41) is 9.13. The number of carbonyl (C=O) groups is 1. The molecule has 0 aromatic heterocycles. The smallest absolute Gasteiger partial charge is 0.239 e. The van der Waals surface area contributed by atoms with Crippen molar-refractivity contribution in [1.82, 2.24) is 4.90 Å². The van der Waals surface area contributed by atoms with Gasteiger partial charge in [-0.3, -0.25) is 4.79 Å². The van der Waals surface area contributed by atoms with Crippen LogP contribution in [0.4, 0.5) is 0 Å². The van der Waals surface area contributed by atoms with Crippen LogP contribution in [0.1, 0.15) is 20.3 Å². The number of nitrogens with zero attached hydrogens (tertiary/aromatic N) is 1. The van der Waals surface area contributed by atoms with Crippen LogP contribution in [0.25, 0.3) is 0 Å². The minimum atomic E-state index is -0.354. The largest absolute Gasteiger partial charge is 0.394 e. The normalized spacial score (nSPS) is 25.8. The molecule has 13 heavy (non-hydrogen) atoms. The van der Waals surface area contributed by atoms with E-state index in [1.54, 1.807) is 4.90 Å². The van der Waals surface area contributed by atoms with E-state index in [1.165, 1.54) is 0 Å². The first-order valence-electron chi connectivity index (χ1n) is 4.74. The van der Waals surface area contributed by atoms with Crippen LogP contribution in [0.2, 0.25) is 0 Å². The number of carbonyl (C=O) groups excluding carboxylic acids is 1. The highest BCUT2D eigenvalue weighted by Gasteiger charge is 2.34. The molecule has 1 aliphatic heterocycles. The van der Waals surface area contributed by atoms with E-state index in [0.717, 1.165) is 0 Å². The third-order valence-corrected chi connectivity index (χ3v) is 2.64. The molecule has 0 spiro atoms. The Hall–Kier alpha value is -0.610. The maximum atomic E-state index is 11.5. The molecular formula is C9H18N2O2. The highest BCUT2D eigenvalue weighted by molar-refractivity contribution is 5.84. The maximum absolute atomic E-state index is 11.5. The molecule has 1 unspecified atom stereocenters. The Balaban J connectivity index is 2.65. The fourth-order valence-corrected chi connectivity index (χ4v) is 1.72. The third-order valence-electron chi connectivity index (χ3n) is 2.64. The van der Waals surface area contributed by atoms with Gasteiger partial charge < -0.3 is 15.7 Å². The molecular weight excluding hydrogens is 168 g/mol. The van der Waals surface area contributed by atoms with Gasteiger partial charge in [-0.2, -0.15) is 0 Å². The van der Waals surface area contributed by atoms with Crippen molar-refractivity contribution >= 4 is 5.91 Å². The van der Waals surface area contributed by atoms with E-state index in [9.17, 15) is 4.79 Å². The van der Waals surface area contributed by atoms with Crippen molar-refractivity contribution in [3.05, 3.63) is 0 Å². The number of amides is 1. The van der Waals surface area contributed by atoms with E-state index in [0.29, 0.717) is 13.0 Å². The summed E-state index contributed by atoms with van der Waals surface area (Å²) in [6, 6.07) is -0.422. The minimum absolute atomic E-state index is 0.0206. The van der Waals surface area contributed by atoms with Crippen molar-refractivity contribution in [2.24, 2.45) is 11.7 Å². The van der Waals surface area contributed by atoms with Crippen LogP contribution in [0.3, 0.4) is 0 Å². The van der Waals surface area contributed by atoms with Gasteiger partial charge in [-0.25, -0.2) is 0 Å². The zero-order valence-corrected chi connectivity index (χ0v) is 8.23. The Morgan fingerprint density at radius 2 is 2.31 bits per heavy atom. The predicted molar refractivity (Wildman–Crippen MR) is 50.0 cm³/mol. The molecule has 1 fully saturated rings. The lowest BCUT2D eigenvalue weighted by molar-refractivity contribution is -0.132. The Morgan fingerprint density at radius 1 is 1.69 bits per heavy atom. The quantitative estimate of drug-likeness (QED) is 0.628. The summed E-state index contributed by atoms with van der Waals surface area (Å²) in [7, 11) is 0. The molecule has 1 rings (SSSR count). The van der Waals surface area contributed by atoms with Gasteiger partial charge >= 0.3 is 0 Å². The SMILES string of the molecule is CC(C)[C@H](CO)N1CCC(N)C1=O. The molecule has 4 nitrogen and oxygen atoms in total. The first-order chi connectivity index (χ1) is 6.07. The molecule has 76 valence electrons. The van der Waals surface area contributed by atoms with Gasteiger partial charge in [0, 0.05) is 6.54 Å². The molecule has 3 N–H and O–H groups in total. The molecule has 1 aliphatic rings. The lowest BCUT2D eigenvalue weighted by Gasteiger charge is -2.29. The van der Waals surface area contributed by atoms with Gasteiger partial charge in [-0.05, 0) is 12.3 Å². The number of aliphatic hydroxyl groups excluding tert-OH is 1. The standard InChI is InChI=1S/C9H18N2O2/c1-6(2)8(5-12)11-4-3-7(10)9(11)13/h6-8,12H,3-5,10H2,1-2H3/t7?,8-/m0/s1. The molecule has 4 heteroatoms. The Morgan fingerprint density at radius 3 is 2.62 bits per heavy atom. The summed E-state index contributed by atoms with van der Waals surface area (Å²) < 4.78 is 0. The molecule has 0 aromatic carbocycles. The van der Waals surface area contributed by atoms with Crippen LogP contribution in [-0.2, 0) is 4.79 Å². The summed E-state index contributed by atoms with van der Waals surface area (Å²) in [6.07, 6.45) is 0.710. The van der Waals surface area contributed by atoms with Crippen LogP contribution in [0.5, 0.6) is 0 Å². The Kier molecular flexibility index (Phi) is 3.27. The number of hydrogen-bond acceptors (Lipinski definition) is 3. The van der Waals surface area contributed by atoms with Crippen molar-refractivity contribution < 1.29 is 9.90 Å². The van der Waals surface area contributed by atoms with Gasteiger partial charge in [0.15, 0.2) is 0 Å². The molecule has 0 radical (unpaired) electrons. The number of rotatable bonds is 3. The van der Waals surface area contributed by atoms with E-state index in [-0.39, 0.29) is 30.5 Å². The van der Waals surface area contributed by atoms with Crippen molar-refractivity contribution in [3.63, 3.8) is 0 Å². The van der Waals surface area contributed by atoms with Gasteiger partial charge in [-0.1, -0.05) is 13.8 Å². The predicted octanol–water partition coefficient (Wildman–Crippen LogP) is -0.437.